The predicted octanol–water partition coefficient (Wildman–Crippen LogP) is 3.93. The molecule has 2 N–H and O–H groups in total. The highest BCUT2D eigenvalue weighted by Gasteiger charge is 2.27. The Morgan fingerprint density at radius 3 is 2.55 bits per heavy atom. The number of nitrogens with one attached hydrogen (secondary N) is 1. The van der Waals surface area contributed by atoms with E-state index < -0.39 is 18.0 Å². The van der Waals surface area contributed by atoms with Crippen LogP contribution in [-0.4, -0.2) is 54.6 Å². The van der Waals surface area contributed by atoms with Gasteiger partial charge < -0.3 is 15.2 Å². The highest BCUT2D eigenvalue weighted by molar-refractivity contribution is 6.30. The molecule has 0 aliphatic heterocycles. The van der Waals surface area contributed by atoms with Crippen LogP contribution in [0.25, 0.3) is 16.9 Å². The maximum Gasteiger partial charge on any atom is 0.334 e. The van der Waals surface area contributed by atoms with Crippen molar-refractivity contribution < 1.29 is 23.4 Å². The lowest BCUT2D eigenvalue weighted by molar-refractivity contribution is 0.0904. The number of carbonyl (C=O) groups excluding carboxylic acids is 1. The zero-order valence-corrected chi connectivity index (χ0v) is 22.1. The number of amides is 1. The van der Waals surface area contributed by atoms with E-state index in [1.165, 1.54) is 10.6 Å². The van der Waals surface area contributed by atoms with Crippen molar-refractivity contribution in [2.45, 2.75) is 44.7 Å². The Morgan fingerprint density at radius 1 is 1.12 bits per heavy atom. The van der Waals surface area contributed by atoms with Gasteiger partial charge >= 0.3 is 5.69 Å². The summed E-state index contributed by atoms with van der Waals surface area (Å²) in [4.78, 5) is 29.9. The minimum atomic E-state index is -2.89. The molecule has 0 radical (unpaired) electrons. The van der Waals surface area contributed by atoms with Crippen LogP contribution in [0, 0.1) is 5.92 Å². The normalized spacial score (nSPS) is 17.3. The summed E-state index contributed by atoms with van der Waals surface area (Å²) in [6, 6.07) is 11.7. The Kier molecular flexibility index (Phi) is 8.36. The van der Waals surface area contributed by atoms with Crippen LogP contribution >= 0.6 is 11.6 Å². The number of benzene rings is 1. The third-order valence-corrected chi connectivity index (χ3v) is 7.20. The van der Waals surface area contributed by atoms with E-state index in [1.807, 2.05) is 24.3 Å². The van der Waals surface area contributed by atoms with Crippen LogP contribution in [0.15, 0.2) is 53.5 Å². The predicted molar refractivity (Wildman–Crippen MR) is 143 cm³/mol. The van der Waals surface area contributed by atoms with Crippen molar-refractivity contribution in [3.05, 3.63) is 75.4 Å². The van der Waals surface area contributed by atoms with Crippen LogP contribution in [0.5, 0.6) is 5.88 Å². The molecule has 40 heavy (non-hydrogen) atoms. The molecule has 0 atom stereocenters. The summed E-state index contributed by atoms with van der Waals surface area (Å²) in [5.74, 6) is 0.147. The van der Waals surface area contributed by atoms with E-state index in [0.29, 0.717) is 30.7 Å². The molecule has 10 nitrogen and oxygen atoms in total. The first-order chi connectivity index (χ1) is 19.4. The molecule has 3 heterocycles. The smallest absolute Gasteiger partial charge is 0.334 e. The van der Waals surface area contributed by atoms with Crippen molar-refractivity contribution in [2.24, 2.45) is 5.92 Å². The van der Waals surface area contributed by atoms with E-state index in [1.54, 1.807) is 16.7 Å². The molecule has 1 amide bonds. The minimum Gasteiger partial charge on any atom is -0.474 e. The summed E-state index contributed by atoms with van der Waals surface area (Å²) in [7, 11) is 0. The second-order valence-corrected chi connectivity index (χ2v) is 10.0. The number of nitrogens with zero attached hydrogens (tertiary/aromatic N) is 5. The lowest BCUT2D eigenvalue weighted by atomic mass is 9.85. The molecule has 13 heteroatoms. The van der Waals surface area contributed by atoms with Crippen molar-refractivity contribution in [1.29, 1.82) is 0 Å². The molecule has 1 aromatic carbocycles. The van der Waals surface area contributed by atoms with Gasteiger partial charge in [0.15, 0.2) is 5.82 Å². The highest BCUT2D eigenvalue weighted by Crippen LogP contribution is 2.28. The zero-order valence-electron chi connectivity index (χ0n) is 21.3. The molecule has 1 saturated carbocycles. The molecule has 0 unspecified atom stereocenters. The molecule has 4 aromatic rings. The monoisotopic (exact) mass is 572 g/mol. The first-order valence-corrected chi connectivity index (χ1v) is 13.3. The van der Waals surface area contributed by atoms with Gasteiger partial charge in [0.25, 0.3) is 12.3 Å². The lowest BCUT2D eigenvalue weighted by Crippen LogP contribution is -2.39. The molecule has 1 fully saturated rings. The maximum atomic E-state index is 13.6. The number of hydrogen-bond donors (Lipinski definition) is 2. The molecule has 1 aliphatic rings. The van der Waals surface area contributed by atoms with E-state index in [2.05, 4.69) is 20.5 Å². The molecule has 1 aliphatic carbocycles. The topological polar surface area (TPSA) is 124 Å². The Labute approximate surface area is 232 Å². The Morgan fingerprint density at radius 2 is 1.88 bits per heavy atom. The number of aromatic nitrogens is 5. The fourth-order valence-electron chi connectivity index (χ4n) is 5.08. The van der Waals surface area contributed by atoms with Gasteiger partial charge in [-0.1, -0.05) is 23.7 Å². The molecule has 3 aromatic heterocycles. The first-order valence-electron chi connectivity index (χ1n) is 12.9. The van der Waals surface area contributed by atoms with Crippen LogP contribution < -0.4 is 15.7 Å². The summed E-state index contributed by atoms with van der Waals surface area (Å²) in [6.45, 7) is 0.420. The summed E-state index contributed by atoms with van der Waals surface area (Å²) >= 11 is 5.89. The van der Waals surface area contributed by atoms with Crippen LogP contribution in [0.4, 0.5) is 8.78 Å². The SMILES string of the molecule is O=C(N[C@H]1CC[C@H](Cn2c(=O)n(-c3ccc(OCCO)nn3)c3ccccc32)CC1)c1cc(Cl)cnc1C(F)F. The highest BCUT2D eigenvalue weighted by atomic mass is 35.5. The van der Waals surface area contributed by atoms with Crippen LogP contribution in [0.1, 0.15) is 48.2 Å². The van der Waals surface area contributed by atoms with Crippen molar-refractivity contribution in [2.75, 3.05) is 13.2 Å². The molecule has 0 spiro atoms. The van der Waals surface area contributed by atoms with Gasteiger partial charge in [-0.25, -0.2) is 18.1 Å². The fourth-order valence-corrected chi connectivity index (χ4v) is 5.24. The van der Waals surface area contributed by atoms with Gasteiger partial charge in [0.05, 0.1) is 28.2 Å². The number of ether oxygens (including phenoxy) is 1. The number of imidazole rings is 1. The largest absolute Gasteiger partial charge is 0.474 e. The second kappa shape index (κ2) is 12.1. The second-order valence-electron chi connectivity index (χ2n) is 9.60. The Hall–Kier alpha value is -3.90. The van der Waals surface area contributed by atoms with Gasteiger partial charge in [-0.2, -0.15) is 0 Å². The van der Waals surface area contributed by atoms with E-state index >= 15 is 0 Å². The maximum absolute atomic E-state index is 13.6. The number of rotatable bonds is 9. The van der Waals surface area contributed by atoms with Gasteiger partial charge in [0.1, 0.15) is 12.3 Å². The van der Waals surface area contributed by atoms with Crippen molar-refractivity contribution in [3.8, 4) is 11.7 Å². The van der Waals surface area contributed by atoms with Crippen molar-refractivity contribution in [1.82, 2.24) is 29.6 Å². The van der Waals surface area contributed by atoms with E-state index in [9.17, 15) is 18.4 Å². The van der Waals surface area contributed by atoms with Gasteiger partial charge in [-0.15, -0.1) is 10.2 Å². The average molecular weight is 573 g/mol. The number of pyridine rings is 1. The van der Waals surface area contributed by atoms with Crippen LogP contribution in [0.3, 0.4) is 0 Å². The lowest BCUT2D eigenvalue weighted by Gasteiger charge is -2.29. The van der Waals surface area contributed by atoms with Gasteiger partial charge in [0.2, 0.25) is 5.88 Å². The number of halogens is 3. The van der Waals surface area contributed by atoms with Crippen LogP contribution in [-0.2, 0) is 6.54 Å². The van der Waals surface area contributed by atoms with E-state index in [-0.39, 0.29) is 47.3 Å². The number of fused-ring (bicyclic) bond motifs is 1. The molecule has 210 valence electrons. The Bertz CT molecular complexity index is 1550. The number of hydrogen-bond acceptors (Lipinski definition) is 7. The third kappa shape index (κ3) is 5.82. The number of aliphatic hydroxyl groups is 1. The molecular weight excluding hydrogens is 546 g/mol. The quantitative estimate of drug-likeness (QED) is 0.311. The molecular formula is C27H27ClF2N6O4. The summed E-state index contributed by atoms with van der Waals surface area (Å²) in [5, 5.41) is 20.0. The molecule has 5 rings (SSSR count). The number of carbonyl (C=O) groups is 1. The summed E-state index contributed by atoms with van der Waals surface area (Å²) in [6.07, 6.45) is 0.967. The van der Waals surface area contributed by atoms with Gasteiger partial charge in [-0.3, -0.25) is 14.3 Å². The van der Waals surface area contributed by atoms with Crippen LogP contribution in [0.2, 0.25) is 5.02 Å². The van der Waals surface area contributed by atoms with Gasteiger partial charge in [-0.05, 0) is 55.9 Å². The molecule has 0 saturated heterocycles. The van der Waals surface area contributed by atoms with Crippen molar-refractivity contribution in [3.63, 3.8) is 0 Å². The number of para-hydroxylation sites is 2. The number of aliphatic hydroxyl groups excluding tert-OH is 1. The standard InChI is InChI=1S/C27H27ClF2N6O4/c28-17-13-19(24(25(29)30)31-14-17)26(38)32-18-7-5-16(6-8-18)15-35-20-3-1-2-4-21(20)36(27(35)39)22-9-10-23(34-33-22)40-12-11-37/h1-4,9-10,13-14,16,18,25,37H,5-8,11-12,15H2,(H,32,38)/t16-,18-. The number of alkyl halides is 2. The fraction of sp³-hybridized carbons (Fsp3) is 0.370. The summed E-state index contributed by atoms with van der Waals surface area (Å²) < 4.78 is 35.2. The first kappa shape index (κ1) is 27.7. The van der Waals surface area contributed by atoms with Crippen molar-refractivity contribution >= 4 is 28.5 Å². The van der Waals surface area contributed by atoms with Gasteiger partial charge in [0, 0.05) is 24.8 Å². The minimum absolute atomic E-state index is 0.0910. The Balaban J connectivity index is 1.28. The summed E-state index contributed by atoms with van der Waals surface area (Å²) in [5.41, 5.74) is 0.390. The van der Waals surface area contributed by atoms with E-state index in [0.717, 1.165) is 24.6 Å². The molecule has 0 bridgehead atoms. The average Bonchev–Trinajstić information content (AvgIpc) is 3.23. The third-order valence-electron chi connectivity index (χ3n) is 6.99. The zero-order chi connectivity index (χ0) is 28.2. The van der Waals surface area contributed by atoms with E-state index in [4.69, 9.17) is 21.4 Å².